The van der Waals surface area contributed by atoms with E-state index in [2.05, 4.69) is 21.0 Å². The minimum atomic E-state index is -1.41. The summed E-state index contributed by atoms with van der Waals surface area (Å²) in [7, 11) is 1.72. The van der Waals surface area contributed by atoms with Crippen molar-refractivity contribution in [1.82, 2.24) is 25.7 Å². The lowest BCUT2D eigenvalue weighted by molar-refractivity contribution is -0.124. The van der Waals surface area contributed by atoms with Crippen molar-refractivity contribution in [2.45, 2.75) is 38.8 Å². The van der Waals surface area contributed by atoms with E-state index >= 15 is 0 Å². The molecule has 1 aliphatic rings. The van der Waals surface area contributed by atoms with Gasteiger partial charge in [-0.25, -0.2) is 9.59 Å². The van der Waals surface area contributed by atoms with E-state index < -0.39 is 29.2 Å². The number of aromatic nitrogens is 2. The third-order valence-corrected chi connectivity index (χ3v) is 3.53. The van der Waals surface area contributed by atoms with E-state index in [1.165, 1.54) is 6.20 Å². The van der Waals surface area contributed by atoms with E-state index in [1.54, 1.807) is 39.4 Å². The maximum atomic E-state index is 12.3. The Morgan fingerprint density at radius 2 is 2.09 bits per heavy atom. The number of nitrogens with one attached hydrogen (secondary N) is 3. The fraction of sp³-hybridized carbons (Fsp3) is 0.571. The summed E-state index contributed by atoms with van der Waals surface area (Å²) in [4.78, 5) is 35.8. The van der Waals surface area contributed by atoms with Crippen LogP contribution in [-0.2, 0) is 22.1 Å². The lowest BCUT2D eigenvalue weighted by atomic mass is 9.90. The number of carbonyl (C=O) groups excluding carboxylic acids is 3. The minimum absolute atomic E-state index is 0.147. The second kappa shape index (κ2) is 5.56. The molecule has 2 heterocycles. The van der Waals surface area contributed by atoms with Gasteiger partial charge < -0.3 is 15.4 Å². The summed E-state index contributed by atoms with van der Waals surface area (Å²) in [6.07, 6.45) is 0.824. The van der Waals surface area contributed by atoms with E-state index in [9.17, 15) is 14.4 Å². The number of imide groups is 1. The van der Waals surface area contributed by atoms with Gasteiger partial charge in [0.2, 0.25) is 0 Å². The standard InChI is InChI=1S/C14H21N5O4/c1-8-9(6-16-19(8)5)14(10(20)17-11(21)18-14)7-15-12(22)23-13(2,3)4/h6H,7H2,1-5H3,(H,15,22)(H2,17,18,20,21)/t14-/m0/s1. The van der Waals surface area contributed by atoms with Crippen molar-refractivity contribution in [1.29, 1.82) is 0 Å². The van der Waals surface area contributed by atoms with Crippen LogP contribution in [0.15, 0.2) is 6.20 Å². The van der Waals surface area contributed by atoms with Crippen LogP contribution in [0.2, 0.25) is 0 Å². The van der Waals surface area contributed by atoms with Crippen molar-refractivity contribution >= 4 is 18.0 Å². The Morgan fingerprint density at radius 1 is 1.43 bits per heavy atom. The smallest absolute Gasteiger partial charge is 0.407 e. The molecular formula is C14H21N5O4. The topological polar surface area (TPSA) is 114 Å². The summed E-state index contributed by atoms with van der Waals surface area (Å²) in [5.74, 6) is -0.547. The molecule has 0 bridgehead atoms. The number of hydrogen-bond acceptors (Lipinski definition) is 5. The quantitative estimate of drug-likeness (QED) is 0.692. The number of aryl methyl sites for hydroxylation is 1. The van der Waals surface area contributed by atoms with Crippen molar-refractivity contribution in [2.24, 2.45) is 7.05 Å². The molecule has 0 saturated carbocycles. The molecule has 1 aromatic heterocycles. The van der Waals surface area contributed by atoms with Crippen LogP contribution in [0.4, 0.5) is 9.59 Å². The van der Waals surface area contributed by atoms with Gasteiger partial charge in [-0.2, -0.15) is 5.10 Å². The van der Waals surface area contributed by atoms with E-state index in [0.717, 1.165) is 0 Å². The molecule has 1 aromatic rings. The molecule has 9 heteroatoms. The van der Waals surface area contributed by atoms with Crippen LogP contribution in [0.3, 0.4) is 0 Å². The molecule has 3 N–H and O–H groups in total. The number of ether oxygens (including phenoxy) is 1. The first kappa shape index (κ1) is 16.8. The Balaban J connectivity index is 2.27. The number of amides is 4. The van der Waals surface area contributed by atoms with Gasteiger partial charge in [-0.05, 0) is 27.7 Å². The molecule has 0 radical (unpaired) electrons. The molecular weight excluding hydrogens is 302 g/mol. The number of hydrogen-bond donors (Lipinski definition) is 3. The number of rotatable bonds is 3. The molecule has 0 aromatic carbocycles. The van der Waals surface area contributed by atoms with Crippen molar-refractivity contribution in [2.75, 3.05) is 6.54 Å². The predicted octanol–water partition coefficient (Wildman–Crippen LogP) is 0.288. The highest BCUT2D eigenvalue weighted by Crippen LogP contribution is 2.27. The van der Waals surface area contributed by atoms with Gasteiger partial charge in [0.25, 0.3) is 5.91 Å². The van der Waals surface area contributed by atoms with Gasteiger partial charge in [-0.15, -0.1) is 0 Å². The fourth-order valence-electron chi connectivity index (χ4n) is 2.34. The summed E-state index contributed by atoms with van der Waals surface area (Å²) < 4.78 is 6.75. The Bertz CT molecular complexity index is 661. The molecule has 9 nitrogen and oxygen atoms in total. The maximum absolute atomic E-state index is 12.3. The number of nitrogens with zero attached hydrogens (tertiary/aromatic N) is 2. The van der Waals surface area contributed by atoms with Crippen LogP contribution in [0, 0.1) is 6.92 Å². The Morgan fingerprint density at radius 3 is 2.52 bits per heavy atom. The highest BCUT2D eigenvalue weighted by atomic mass is 16.6. The van der Waals surface area contributed by atoms with E-state index in [-0.39, 0.29) is 6.54 Å². The summed E-state index contributed by atoms with van der Waals surface area (Å²) in [5.41, 5.74) is -0.859. The third-order valence-electron chi connectivity index (χ3n) is 3.53. The van der Waals surface area contributed by atoms with Crippen LogP contribution < -0.4 is 16.0 Å². The van der Waals surface area contributed by atoms with Gasteiger partial charge >= 0.3 is 12.1 Å². The monoisotopic (exact) mass is 323 g/mol. The summed E-state index contributed by atoms with van der Waals surface area (Å²) >= 11 is 0. The predicted molar refractivity (Wildman–Crippen MR) is 80.5 cm³/mol. The number of urea groups is 1. The molecule has 1 aliphatic heterocycles. The molecule has 1 saturated heterocycles. The van der Waals surface area contributed by atoms with Crippen molar-refractivity contribution in [3.05, 3.63) is 17.5 Å². The molecule has 2 rings (SSSR count). The fourth-order valence-corrected chi connectivity index (χ4v) is 2.34. The van der Waals surface area contributed by atoms with Crippen LogP contribution in [-0.4, -0.2) is 40.0 Å². The van der Waals surface area contributed by atoms with Crippen LogP contribution in [0.5, 0.6) is 0 Å². The van der Waals surface area contributed by atoms with Gasteiger partial charge in [0.05, 0.1) is 12.7 Å². The van der Waals surface area contributed by atoms with Crippen molar-refractivity contribution in [3.8, 4) is 0 Å². The Kier molecular flexibility index (Phi) is 4.06. The zero-order valence-electron chi connectivity index (χ0n) is 13.8. The summed E-state index contributed by atoms with van der Waals surface area (Å²) in [6, 6.07) is -0.621. The van der Waals surface area contributed by atoms with Crippen LogP contribution in [0.25, 0.3) is 0 Å². The SMILES string of the molecule is Cc1c([C@]2(CNC(=O)OC(C)(C)C)NC(=O)NC2=O)cnn1C. The number of alkyl carbamates (subject to hydrolysis) is 1. The van der Waals surface area contributed by atoms with Gasteiger partial charge in [-0.3, -0.25) is 14.8 Å². The lowest BCUT2D eigenvalue weighted by Crippen LogP contribution is -2.53. The molecule has 23 heavy (non-hydrogen) atoms. The first-order valence-corrected chi connectivity index (χ1v) is 7.15. The Hall–Kier alpha value is -2.58. The molecule has 1 fully saturated rings. The second-order valence-corrected chi connectivity index (χ2v) is 6.44. The summed E-state index contributed by atoms with van der Waals surface area (Å²) in [5, 5.41) is 11.4. The van der Waals surface area contributed by atoms with Crippen LogP contribution in [0.1, 0.15) is 32.0 Å². The second-order valence-electron chi connectivity index (χ2n) is 6.44. The van der Waals surface area contributed by atoms with E-state index in [4.69, 9.17) is 4.74 Å². The number of carbonyl (C=O) groups is 3. The first-order chi connectivity index (χ1) is 10.5. The van der Waals surface area contributed by atoms with Crippen molar-refractivity contribution < 1.29 is 19.1 Å². The van der Waals surface area contributed by atoms with Crippen molar-refractivity contribution in [3.63, 3.8) is 0 Å². The van der Waals surface area contributed by atoms with E-state index in [0.29, 0.717) is 11.3 Å². The van der Waals surface area contributed by atoms with Gasteiger partial charge in [0.1, 0.15) is 5.60 Å². The zero-order valence-corrected chi connectivity index (χ0v) is 13.8. The Labute approximate surface area is 133 Å². The molecule has 4 amide bonds. The highest BCUT2D eigenvalue weighted by molar-refractivity contribution is 6.07. The minimum Gasteiger partial charge on any atom is -0.444 e. The first-order valence-electron chi connectivity index (χ1n) is 7.15. The third kappa shape index (κ3) is 3.27. The largest absolute Gasteiger partial charge is 0.444 e. The average molecular weight is 323 g/mol. The molecule has 0 aliphatic carbocycles. The molecule has 0 unspecified atom stereocenters. The van der Waals surface area contributed by atoms with E-state index in [1.807, 2.05) is 0 Å². The van der Waals surface area contributed by atoms with Gasteiger partial charge in [-0.1, -0.05) is 0 Å². The zero-order chi connectivity index (χ0) is 17.4. The highest BCUT2D eigenvalue weighted by Gasteiger charge is 2.50. The van der Waals surface area contributed by atoms with Gasteiger partial charge in [0.15, 0.2) is 5.54 Å². The molecule has 1 atom stereocenters. The lowest BCUT2D eigenvalue weighted by Gasteiger charge is -2.27. The summed E-state index contributed by atoms with van der Waals surface area (Å²) in [6.45, 7) is 6.83. The maximum Gasteiger partial charge on any atom is 0.407 e. The average Bonchev–Trinajstić information content (AvgIpc) is 2.87. The molecule has 126 valence electrons. The molecule has 0 spiro atoms. The van der Waals surface area contributed by atoms with Crippen LogP contribution >= 0.6 is 0 Å². The normalized spacial score (nSPS) is 20.9. The van der Waals surface area contributed by atoms with Gasteiger partial charge in [0, 0.05) is 18.3 Å².